The molecule has 1 aliphatic carbocycles. The number of hydrogen-bond donors (Lipinski definition) is 5. The summed E-state index contributed by atoms with van der Waals surface area (Å²) in [7, 11) is 0. The quantitative estimate of drug-likeness (QED) is 0.184. The molecule has 20 heavy (non-hydrogen) atoms. The molecule has 0 radical (unpaired) electrons. The van der Waals surface area contributed by atoms with Crippen LogP contribution in [0.5, 0.6) is 11.5 Å². The van der Waals surface area contributed by atoms with E-state index in [4.69, 9.17) is 10.9 Å². The van der Waals surface area contributed by atoms with Crippen molar-refractivity contribution >= 4 is 11.7 Å². The number of benzene rings is 1. The molecule has 6 N–H and O–H groups in total. The van der Waals surface area contributed by atoms with Crippen molar-refractivity contribution in [2.45, 2.75) is 31.2 Å². The minimum atomic E-state index is -0.899. The first-order valence-corrected chi connectivity index (χ1v) is 6.31. The van der Waals surface area contributed by atoms with Crippen LogP contribution >= 0.6 is 0 Å². The number of nitrogens with two attached hydrogens (primary N) is 1. The fourth-order valence-corrected chi connectivity index (χ4v) is 2.51. The number of aromatic hydroxyl groups is 2. The summed E-state index contributed by atoms with van der Waals surface area (Å²) in [6, 6.07) is 3.68. The van der Waals surface area contributed by atoms with E-state index in [-0.39, 0.29) is 22.9 Å². The molecule has 0 aromatic heterocycles. The van der Waals surface area contributed by atoms with Crippen LogP contribution in [0.4, 0.5) is 0 Å². The normalized spacial score (nSPS) is 17.9. The summed E-state index contributed by atoms with van der Waals surface area (Å²) in [5, 5.41) is 33.6. The Balaban J connectivity index is 2.27. The minimum Gasteiger partial charge on any atom is -0.508 e. The van der Waals surface area contributed by atoms with E-state index in [2.05, 4.69) is 10.5 Å². The molecular weight excluding hydrogens is 262 g/mol. The summed E-state index contributed by atoms with van der Waals surface area (Å²) in [4.78, 5) is 12.2. The second kappa shape index (κ2) is 5.28. The first kappa shape index (κ1) is 14.0. The van der Waals surface area contributed by atoms with Gasteiger partial charge in [0.1, 0.15) is 17.0 Å². The SMILES string of the molecule is N/C(=N/O)C1(NC(=O)c2cc(O)ccc2O)CCCC1. The van der Waals surface area contributed by atoms with Gasteiger partial charge in [-0.05, 0) is 31.0 Å². The lowest BCUT2D eigenvalue weighted by Gasteiger charge is -2.28. The van der Waals surface area contributed by atoms with Gasteiger partial charge in [0.05, 0.1) is 5.56 Å². The number of phenols is 2. The summed E-state index contributed by atoms with van der Waals surface area (Å²) >= 11 is 0. The third-order valence-electron chi connectivity index (χ3n) is 3.63. The van der Waals surface area contributed by atoms with Gasteiger partial charge in [-0.2, -0.15) is 0 Å². The predicted octanol–water partition coefficient (Wildman–Crippen LogP) is 0.887. The third kappa shape index (κ3) is 2.47. The number of carbonyl (C=O) groups is 1. The highest BCUT2D eigenvalue weighted by Gasteiger charge is 2.40. The summed E-state index contributed by atoms with van der Waals surface area (Å²) < 4.78 is 0. The van der Waals surface area contributed by atoms with Gasteiger partial charge in [0.2, 0.25) is 0 Å². The van der Waals surface area contributed by atoms with Crippen molar-refractivity contribution in [3.8, 4) is 11.5 Å². The van der Waals surface area contributed by atoms with E-state index in [1.807, 2.05) is 0 Å². The Kier molecular flexibility index (Phi) is 3.69. The van der Waals surface area contributed by atoms with E-state index < -0.39 is 11.4 Å². The Morgan fingerprint density at radius 3 is 2.55 bits per heavy atom. The van der Waals surface area contributed by atoms with Crippen LogP contribution in [0.3, 0.4) is 0 Å². The molecule has 0 bridgehead atoms. The first-order chi connectivity index (χ1) is 9.48. The molecule has 1 aliphatic rings. The summed E-state index contributed by atoms with van der Waals surface area (Å²) in [5.74, 6) is -1.000. The third-order valence-corrected chi connectivity index (χ3v) is 3.63. The maximum absolute atomic E-state index is 12.2. The molecule has 1 fully saturated rings. The molecule has 1 aromatic rings. The smallest absolute Gasteiger partial charge is 0.255 e. The Labute approximate surface area is 115 Å². The fraction of sp³-hybridized carbons (Fsp3) is 0.385. The molecule has 108 valence electrons. The highest BCUT2D eigenvalue weighted by atomic mass is 16.4. The van der Waals surface area contributed by atoms with E-state index in [9.17, 15) is 15.0 Å². The second-order valence-corrected chi connectivity index (χ2v) is 4.93. The second-order valence-electron chi connectivity index (χ2n) is 4.93. The van der Waals surface area contributed by atoms with E-state index in [0.717, 1.165) is 12.8 Å². The van der Waals surface area contributed by atoms with E-state index in [0.29, 0.717) is 12.8 Å². The number of carbonyl (C=O) groups excluding carboxylic acids is 1. The number of phenolic OH excluding ortho intramolecular Hbond substituents is 2. The van der Waals surface area contributed by atoms with Crippen molar-refractivity contribution in [2.75, 3.05) is 0 Å². The maximum atomic E-state index is 12.2. The van der Waals surface area contributed by atoms with Crippen LogP contribution in [0, 0.1) is 0 Å². The molecule has 7 nitrogen and oxygen atoms in total. The van der Waals surface area contributed by atoms with Crippen LogP contribution in [0.2, 0.25) is 0 Å². The number of amidine groups is 1. The highest BCUT2D eigenvalue weighted by molar-refractivity contribution is 6.02. The molecular formula is C13H17N3O4. The molecule has 0 heterocycles. The average Bonchev–Trinajstić information content (AvgIpc) is 2.90. The number of nitrogens with one attached hydrogen (secondary N) is 1. The first-order valence-electron chi connectivity index (χ1n) is 6.31. The van der Waals surface area contributed by atoms with Gasteiger partial charge < -0.3 is 26.5 Å². The van der Waals surface area contributed by atoms with Gasteiger partial charge >= 0.3 is 0 Å². The van der Waals surface area contributed by atoms with Crippen LogP contribution < -0.4 is 11.1 Å². The Morgan fingerprint density at radius 1 is 1.30 bits per heavy atom. The van der Waals surface area contributed by atoms with E-state index in [1.54, 1.807) is 0 Å². The van der Waals surface area contributed by atoms with Gasteiger partial charge in [0.15, 0.2) is 5.84 Å². The van der Waals surface area contributed by atoms with Gasteiger partial charge in [-0.25, -0.2) is 0 Å². The molecule has 7 heteroatoms. The van der Waals surface area contributed by atoms with Crippen molar-refractivity contribution in [3.63, 3.8) is 0 Å². The highest BCUT2D eigenvalue weighted by Crippen LogP contribution is 2.31. The van der Waals surface area contributed by atoms with Crippen LogP contribution in [0.15, 0.2) is 23.4 Å². The lowest BCUT2D eigenvalue weighted by Crippen LogP contribution is -2.55. The number of amides is 1. The molecule has 0 atom stereocenters. The molecule has 1 saturated carbocycles. The van der Waals surface area contributed by atoms with Crippen molar-refractivity contribution in [3.05, 3.63) is 23.8 Å². The van der Waals surface area contributed by atoms with E-state index in [1.165, 1.54) is 18.2 Å². The Hall–Kier alpha value is -2.44. The molecule has 1 amide bonds. The zero-order valence-electron chi connectivity index (χ0n) is 10.8. The summed E-state index contributed by atoms with van der Waals surface area (Å²) in [5.41, 5.74) is 4.73. The van der Waals surface area contributed by atoms with E-state index >= 15 is 0 Å². The van der Waals surface area contributed by atoms with Gasteiger partial charge in [0.25, 0.3) is 5.91 Å². The van der Waals surface area contributed by atoms with Crippen molar-refractivity contribution in [1.82, 2.24) is 5.32 Å². The van der Waals surface area contributed by atoms with Crippen LogP contribution in [0.1, 0.15) is 36.0 Å². The summed E-state index contributed by atoms with van der Waals surface area (Å²) in [6.45, 7) is 0. The lowest BCUT2D eigenvalue weighted by molar-refractivity contribution is 0.0919. The number of oxime groups is 1. The Morgan fingerprint density at radius 2 is 1.95 bits per heavy atom. The van der Waals surface area contributed by atoms with Crippen molar-refractivity contribution in [1.29, 1.82) is 0 Å². The van der Waals surface area contributed by atoms with Crippen LogP contribution in [-0.4, -0.2) is 32.7 Å². The number of hydrogen-bond acceptors (Lipinski definition) is 5. The van der Waals surface area contributed by atoms with Gasteiger partial charge in [0, 0.05) is 0 Å². The molecule has 1 aromatic carbocycles. The van der Waals surface area contributed by atoms with Gasteiger partial charge in [-0.1, -0.05) is 18.0 Å². The van der Waals surface area contributed by atoms with Gasteiger partial charge in [-0.3, -0.25) is 4.79 Å². The minimum absolute atomic E-state index is 0.0528. The zero-order chi connectivity index (χ0) is 14.8. The monoisotopic (exact) mass is 279 g/mol. The lowest BCUT2D eigenvalue weighted by atomic mass is 9.95. The molecule has 0 unspecified atom stereocenters. The molecule has 0 saturated heterocycles. The van der Waals surface area contributed by atoms with Gasteiger partial charge in [-0.15, -0.1) is 0 Å². The maximum Gasteiger partial charge on any atom is 0.255 e. The topological polar surface area (TPSA) is 128 Å². The molecule has 0 spiro atoms. The van der Waals surface area contributed by atoms with Crippen molar-refractivity contribution < 1.29 is 20.2 Å². The standard InChI is InChI=1S/C13H17N3O4/c14-12(16-20)13(5-1-2-6-13)15-11(19)9-7-8(17)3-4-10(9)18/h3-4,7,17-18,20H,1-2,5-6H2,(H2,14,16)(H,15,19). The van der Waals surface area contributed by atoms with Crippen LogP contribution in [0.25, 0.3) is 0 Å². The molecule has 2 rings (SSSR count). The summed E-state index contributed by atoms with van der Waals surface area (Å²) in [6.07, 6.45) is 2.83. The zero-order valence-corrected chi connectivity index (χ0v) is 10.8. The van der Waals surface area contributed by atoms with Crippen molar-refractivity contribution in [2.24, 2.45) is 10.9 Å². The average molecular weight is 279 g/mol. The fourth-order valence-electron chi connectivity index (χ4n) is 2.51. The largest absolute Gasteiger partial charge is 0.508 e. The van der Waals surface area contributed by atoms with Crippen LogP contribution in [-0.2, 0) is 0 Å². The number of nitrogens with zero attached hydrogens (tertiary/aromatic N) is 1. The molecule has 0 aliphatic heterocycles. The predicted molar refractivity (Wildman–Crippen MR) is 71.8 cm³/mol. The Bertz CT molecular complexity index is 551. The number of rotatable bonds is 3.